The molecule has 2 aromatic rings. The van der Waals surface area contributed by atoms with Crippen LogP contribution >= 0.6 is 29.4 Å². The summed E-state index contributed by atoms with van der Waals surface area (Å²) >= 11 is 0. The third-order valence-corrected chi connectivity index (χ3v) is 12.8. The highest BCUT2D eigenvalue weighted by molar-refractivity contribution is 8.76. The minimum atomic E-state index is -5.08. The molecule has 0 radical (unpaired) electrons. The van der Waals surface area contributed by atoms with E-state index < -0.39 is 144 Å². The van der Waals surface area contributed by atoms with Gasteiger partial charge in [0.15, 0.2) is 0 Å². The summed E-state index contributed by atoms with van der Waals surface area (Å²) in [6.45, 7) is 4.12. The highest BCUT2D eigenvalue weighted by Gasteiger charge is 2.34. The molecule has 0 spiro atoms. The molecule has 0 unspecified atom stereocenters. The largest absolute Gasteiger partial charge is 0.524 e. The molecule has 0 aliphatic carbocycles. The first-order valence-electron chi connectivity index (χ1n) is 19.4. The molecular formula is C37H51N6O18PS3. The fourth-order valence-corrected chi connectivity index (χ4v) is 8.29. The topological polar surface area (TPSA) is 405 Å². The number of phosphoric acid groups is 1. The van der Waals surface area contributed by atoms with Crippen molar-refractivity contribution in [3.05, 3.63) is 59.2 Å². The van der Waals surface area contributed by atoms with Crippen LogP contribution in [0.5, 0.6) is 5.75 Å². The predicted molar refractivity (Wildman–Crippen MR) is 233 cm³/mol. The van der Waals surface area contributed by atoms with E-state index in [-0.39, 0.29) is 17.9 Å². The van der Waals surface area contributed by atoms with Gasteiger partial charge in [-0.1, -0.05) is 54.0 Å². The number of aliphatic carboxylic acids is 2. The van der Waals surface area contributed by atoms with Crippen molar-refractivity contribution < 1.29 is 85.5 Å². The Morgan fingerprint density at radius 3 is 1.77 bits per heavy atom. The summed E-state index contributed by atoms with van der Waals surface area (Å²) in [5, 5.41) is 40.6. The van der Waals surface area contributed by atoms with Gasteiger partial charge in [0.2, 0.25) is 23.6 Å². The van der Waals surface area contributed by atoms with E-state index >= 15 is 0 Å². The predicted octanol–water partition coefficient (Wildman–Crippen LogP) is 0.131. The van der Waals surface area contributed by atoms with Gasteiger partial charge < -0.3 is 52.2 Å². The highest BCUT2D eigenvalue weighted by atomic mass is 33.1. The third-order valence-electron chi connectivity index (χ3n) is 9.04. The summed E-state index contributed by atoms with van der Waals surface area (Å²) in [6.07, 6.45) is -2.72. The quantitative estimate of drug-likeness (QED) is 0.0223. The second-order valence-electron chi connectivity index (χ2n) is 14.1. The lowest BCUT2D eigenvalue weighted by Crippen LogP contribution is -2.59. The lowest BCUT2D eigenvalue weighted by molar-refractivity contribution is -0.140. The number of benzene rings is 2. The van der Waals surface area contributed by atoms with E-state index in [4.69, 9.17) is 15.5 Å². The number of aromatic carboxylic acids is 1. The number of carboxylic acids is 3. The van der Waals surface area contributed by atoms with Crippen molar-refractivity contribution >= 4 is 87.0 Å². The first kappa shape index (κ1) is 55.9. The average Bonchev–Trinajstić information content (AvgIpc) is 3.22. The van der Waals surface area contributed by atoms with E-state index in [1.54, 1.807) is 13.8 Å². The molecule has 28 heteroatoms. The van der Waals surface area contributed by atoms with E-state index in [9.17, 15) is 71.2 Å². The molecule has 0 heterocycles. The van der Waals surface area contributed by atoms with E-state index in [2.05, 4.69) is 31.1 Å². The molecule has 0 saturated heterocycles. The van der Waals surface area contributed by atoms with Gasteiger partial charge in [-0.25, -0.2) is 9.36 Å². The lowest BCUT2D eigenvalue weighted by Gasteiger charge is -2.28. The maximum absolute atomic E-state index is 14.0. The maximum Gasteiger partial charge on any atom is 0.524 e. The molecule has 360 valence electrons. The van der Waals surface area contributed by atoms with Gasteiger partial charge in [-0.05, 0) is 54.7 Å². The van der Waals surface area contributed by atoms with Crippen LogP contribution in [0.1, 0.15) is 72.2 Å². The lowest BCUT2D eigenvalue weighted by atomic mass is 9.97. The van der Waals surface area contributed by atoms with Crippen molar-refractivity contribution in [1.82, 2.24) is 26.6 Å². The van der Waals surface area contributed by atoms with Crippen LogP contribution in [0.3, 0.4) is 0 Å². The maximum atomic E-state index is 14.0. The monoisotopic (exact) mass is 994 g/mol. The molecule has 65 heavy (non-hydrogen) atoms. The number of nitrogens with one attached hydrogen (secondary N) is 5. The molecule has 2 aromatic carbocycles. The molecule has 24 nitrogen and oxygen atoms in total. The number of carboxylic acid groups (broad SMARTS) is 3. The Kier molecular flexibility index (Phi) is 22.9. The molecule has 0 aliphatic heterocycles. The van der Waals surface area contributed by atoms with Crippen LogP contribution in [0.2, 0.25) is 0 Å². The Morgan fingerprint density at radius 1 is 0.754 bits per heavy atom. The molecule has 0 aromatic heterocycles. The number of carbonyl (C=O) groups is 8. The number of amides is 5. The molecule has 0 bridgehead atoms. The first-order chi connectivity index (χ1) is 30.3. The summed E-state index contributed by atoms with van der Waals surface area (Å²) in [5.74, 6) is -9.34. The van der Waals surface area contributed by atoms with Gasteiger partial charge in [0.25, 0.3) is 16.0 Å². The summed E-state index contributed by atoms with van der Waals surface area (Å²) in [6, 6.07) is 0.0688. The Hall–Kier alpha value is -5.28. The van der Waals surface area contributed by atoms with Crippen LogP contribution in [-0.2, 0) is 49.9 Å². The van der Waals surface area contributed by atoms with Crippen LogP contribution in [0, 0.1) is 5.92 Å². The van der Waals surface area contributed by atoms with Crippen molar-refractivity contribution in [2.75, 3.05) is 24.6 Å². The van der Waals surface area contributed by atoms with Crippen molar-refractivity contribution in [2.24, 2.45) is 11.7 Å². The fraction of sp³-hybridized carbons (Fsp3) is 0.459. The van der Waals surface area contributed by atoms with E-state index in [0.717, 1.165) is 18.2 Å². The molecule has 0 fully saturated rings. The zero-order valence-corrected chi connectivity index (χ0v) is 38.2. The zero-order valence-electron chi connectivity index (χ0n) is 34.8. The summed E-state index contributed by atoms with van der Waals surface area (Å²) in [4.78, 5) is 121. The van der Waals surface area contributed by atoms with Crippen LogP contribution in [0.25, 0.3) is 0 Å². The minimum absolute atomic E-state index is 0.155. The van der Waals surface area contributed by atoms with Crippen LogP contribution < -0.4 is 36.8 Å². The van der Waals surface area contributed by atoms with E-state index in [1.165, 1.54) is 33.7 Å². The van der Waals surface area contributed by atoms with Gasteiger partial charge >= 0.3 is 25.7 Å². The van der Waals surface area contributed by atoms with Crippen LogP contribution in [-0.4, -0.2) is 134 Å². The molecule has 0 saturated carbocycles. The number of nitrogens with two attached hydrogens (primary N) is 1. The van der Waals surface area contributed by atoms with E-state index in [0.29, 0.717) is 36.6 Å². The molecule has 5 atom stereocenters. The third kappa shape index (κ3) is 20.6. The van der Waals surface area contributed by atoms with Gasteiger partial charge in [0, 0.05) is 49.4 Å². The van der Waals surface area contributed by atoms with Crippen molar-refractivity contribution in [2.45, 2.75) is 81.4 Å². The number of rotatable bonds is 29. The molecule has 13 N–H and O–H groups in total. The molecule has 5 amide bonds. The number of hydrogen-bond donors (Lipinski definition) is 12. The van der Waals surface area contributed by atoms with Crippen molar-refractivity contribution in [3.8, 4) is 5.75 Å². The molecular weight excluding hydrogens is 944 g/mol. The highest BCUT2D eigenvalue weighted by Crippen LogP contribution is 2.37. The molecule has 2 rings (SSSR count). The Morgan fingerprint density at radius 2 is 1.28 bits per heavy atom. The SMILES string of the molecule is CC[C@H](C)[C@H](NC(=O)[C@H](CCC(=O)O)NC(=O)[C@H](CCC(=O)O)NC(=O)[C@H](Cc1ccc(OP(=O)(O)O)cc1)NC(=O)c1cc(C(=O)O)cc(S(=O)(=O)O)c1)C(=O)NCCSSCCN. The van der Waals surface area contributed by atoms with Gasteiger partial charge in [-0.2, -0.15) is 8.42 Å². The van der Waals surface area contributed by atoms with Crippen molar-refractivity contribution in [3.63, 3.8) is 0 Å². The Bertz CT molecular complexity index is 2190. The van der Waals surface area contributed by atoms with Gasteiger partial charge in [-0.3, -0.25) is 47.9 Å². The standard InChI is InChI=1S/C37H51N6O18PS3/c1-3-20(2)31(36(52)39-13-15-64-63-14-12-38)43-34(50)27(9-11-30(46)47)40-33(49)26(8-10-29(44)45)41-35(51)28(16-21-4-6-24(7-5-21)61-62(55,56)57)42-32(48)22-17-23(37(53)54)19-25(18-22)65(58,59)60/h4-7,17-20,26-28,31H,3,8-16,38H2,1-2H3,(H,39,52)(H,40,49)(H,41,51)(H,42,48)(H,43,50)(H,44,45)(H,46,47)(H,53,54)(H2,55,56,57)(H,58,59,60)/t20-,26-,27-,28-,31-/m0/s1. The van der Waals surface area contributed by atoms with Gasteiger partial charge in [0.05, 0.1) is 10.5 Å². The van der Waals surface area contributed by atoms with Crippen LogP contribution in [0.15, 0.2) is 47.4 Å². The average molecular weight is 995 g/mol. The number of hydrogen-bond acceptors (Lipinski definition) is 15. The minimum Gasteiger partial charge on any atom is -0.481 e. The fourth-order valence-electron chi connectivity index (χ4n) is 5.58. The normalized spacial score (nSPS) is 13.8. The Labute approximate surface area is 380 Å². The Balaban J connectivity index is 2.52. The molecule has 0 aliphatic rings. The second kappa shape index (κ2) is 26.6. The smallest absolute Gasteiger partial charge is 0.481 e. The van der Waals surface area contributed by atoms with Crippen molar-refractivity contribution in [1.29, 1.82) is 0 Å². The summed E-state index contributed by atoms with van der Waals surface area (Å²) < 4.78 is 49.2. The second-order valence-corrected chi connectivity index (χ2v) is 19.4. The van der Waals surface area contributed by atoms with Crippen LogP contribution in [0.4, 0.5) is 0 Å². The van der Waals surface area contributed by atoms with Gasteiger partial charge in [-0.15, -0.1) is 0 Å². The summed E-state index contributed by atoms with van der Waals surface area (Å²) in [7, 11) is -7.10. The zero-order chi connectivity index (χ0) is 49.1. The summed E-state index contributed by atoms with van der Waals surface area (Å²) in [5.41, 5.74) is 4.19. The van der Waals surface area contributed by atoms with Gasteiger partial charge in [0.1, 0.15) is 29.9 Å². The first-order valence-corrected chi connectivity index (χ1v) is 24.9. The van der Waals surface area contributed by atoms with E-state index in [1.807, 2.05) is 0 Å². The number of carbonyl (C=O) groups excluding carboxylic acids is 5. The number of phosphoric ester groups is 1.